The van der Waals surface area contributed by atoms with Gasteiger partial charge in [0.2, 0.25) is 0 Å². The largest absolute Gasteiger partial charge is 0.404 e. The first kappa shape index (κ1) is 18.2. The molecular weight excluding hydrogens is 232 g/mol. The Labute approximate surface area is 120 Å². The molecule has 0 aromatic rings. The van der Waals surface area contributed by atoms with E-state index in [-0.39, 0.29) is 0 Å². The summed E-state index contributed by atoms with van der Waals surface area (Å²) >= 11 is 0. The normalized spacial score (nSPS) is 16.5. The molecule has 2 nitrogen and oxygen atoms in total. The molecule has 0 aromatic carbocycles. The summed E-state index contributed by atoms with van der Waals surface area (Å²) in [4.78, 5) is 0. The molecule has 0 spiro atoms. The molecule has 4 N–H and O–H groups in total. The molecule has 0 fully saturated rings. The van der Waals surface area contributed by atoms with Crippen LogP contribution in [0, 0.1) is 11.8 Å². The molecule has 2 atom stereocenters. The maximum absolute atomic E-state index is 5.82. The van der Waals surface area contributed by atoms with Crippen molar-refractivity contribution in [3.8, 4) is 0 Å². The lowest BCUT2D eigenvalue weighted by molar-refractivity contribution is 0.551. The van der Waals surface area contributed by atoms with Gasteiger partial charge in [-0.05, 0) is 55.8 Å². The molecule has 0 aliphatic heterocycles. The van der Waals surface area contributed by atoms with Crippen molar-refractivity contribution in [1.82, 2.24) is 0 Å². The van der Waals surface area contributed by atoms with E-state index < -0.39 is 0 Å². The van der Waals surface area contributed by atoms with Crippen molar-refractivity contribution in [2.75, 3.05) is 6.54 Å². The van der Waals surface area contributed by atoms with Gasteiger partial charge in [-0.3, -0.25) is 0 Å². The van der Waals surface area contributed by atoms with Crippen LogP contribution in [-0.2, 0) is 0 Å². The number of unbranched alkanes of at least 4 members (excludes halogenated alkanes) is 2. The fourth-order valence-electron chi connectivity index (χ4n) is 2.36. The molecule has 0 radical (unpaired) electrons. The highest BCUT2D eigenvalue weighted by Crippen LogP contribution is 2.24. The van der Waals surface area contributed by atoms with Crippen LogP contribution in [0.3, 0.4) is 0 Å². The van der Waals surface area contributed by atoms with Gasteiger partial charge in [0.25, 0.3) is 0 Å². The zero-order valence-corrected chi connectivity index (χ0v) is 13.4. The fourth-order valence-corrected chi connectivity index (χ4v) is 2.36. The number of rotatable bonds is 10. The van der Waals surface area contributed by atoms with Crippen molar-refractivity contribution < 1.29 is 0 Å². The zero-order chi connectivity index (χ0) is 14.7. The zero-order valence-electron chi connectivity index (χ0n) is 13.4. The minimum atomic E-state index is 0.549. The van der Waals surface area contributed by atoms with Crippen molar-refractivity contribution in [2.24, 2.45) is 23.3 Å². The van der Waals surface area contributed by atoms with E-state index in [4.69, 9.17) is 11.5 Å². The summed E-state index contributed by atoms with van der Waals surface area (Å²) in [5, 5.41) is 0. The maximum Gasteiger partial charge on any atom is -0.00270 e. The molecule has 2 heteroatoms. The molecule has 0 saturated heterocycles. The fraction of sp³-hybridized carbons (Fsp3) is 0.765. The van der Waals surface area contributed by atoms with Gasteiger partial charge < -0.3 is 11.5 Å². The summed E-state index contributed by atoms with van der Waals surface area (Å²) in [6.07, 6.45) is 11.3. The molecule has 0 aromatic heterocycles. The summed E-state index contributed by atoms with van der Waals surface area (Å²) in [6.45, 7) is 9.87. The minimum Gasteiger partial charge on any atom is -0.404 e. The van der Waals surface area contributed by atoms with Crippen LogP contribution in [-0.4, -0.2) is 6.54 Å². The Morgan fingerprint density at radius 1 is 1.05 bits per heavy atom. The first-order valence-electron chi connectivity index (χ1n) is 7.92. The Kier molecular flexibility index (Phi) is 10.7. The molecule has 0 rings (SSSR count). The molecule has 0 amide bonds. The Hall–Kier alpha value is -0.760. The quantitative estimate of drug-likeness (QED) is 0.456. The second kappa shape index (κ2) is 11.1. The SMILES string of the molecule is CC/C(=C/C(=C\N)C(C)CCCCCN)C(C)CC. The van der Waals surface area contributed by atoms with Gasteiger partial charge in [-0.25, -0.2) is 0 Å². The lowest BCUT2D eigenvalue weighted by atomic mass is 9.89. The topological polar surface area (TPSA) is 52.0 Å². The van der Waals surface area contributed by atoms with Crippen LogP contribution < -0.4 is 11.5 Å². The van der Waals surface area contributed by atoms with Gasteiger partial charge in [0.15, 0.2) is 0 Å². The summed E-state index contributed by atoms with van der Waals surface area (Å²) in [7, 11) is 0. The molecule has 112 valence electrons. The van der Waals surface area contributed by atoms with Crippen LogP contribution in [0.5, 0.6) is 0 Å². The average Bonchev–Trinajstić information content (AvgIpc) is 2.44. The van der Waals surface area contributed by atoms with Gasteiger partial charge in [0.1, 0.15) is 0 Å². The molecular formula is C17H34N2. The van der Waals surface area contributed by atoms with Crippen LogP contribution in [0.4, 0.5) is 0 Å². The van der Waals surface area contributed by atoms with Gasteiger partial charge >= 0.3 is 0 Å². The van der Waals surface area contributed by atoms with Crippen molar-refractivity contribution in [1.29, 1.82) is 0 Å². The molecule has 2 unspecified atom stereocenters. The monoisotopic (exact) mass is 266 g/mol. The van der Waals surface area contributed by atoms with E-state index in [9.17, 15) is 0 Å². The molecule has 0 saturated carbocycles. The third kappa shape index (κ3) is 7.41. The number of hydrogen-bond donors (Lipinski definition) is 2. The Balaban J connectivity index is 4.51. The highest BCUT2D eigenvalue weighted by Gasteiger charge is 2.10. The van der Waals surface area contributed by atoms with Gasteiger partial charge in [0, 0.05) is 0 Å². The maximum atomic E-state index is 5.82. The third-order valence-corrected chi connectivity index (χ3v) is 4.11. The minimum absolute atomic E-state index is 0.549. The number of allylic oxidation sites excluding steroid dienone is 3. The number of hydrogen-bond acceptors (Lipinski definition) is 2. The lowest BCUT2D eigenvalue weighted by Gasteiger charge is -2.17. The summed E-state index contributed by atoms with van der Waals surface area (Å²) in [5.74, 6) is 1.21. The average molecular weight is 266 g/mol. The first-order valence-corrected chi connectivity index (χ1v) is 7.92. The second-order valence-electron chi connectivity index (χ2n) is 5.59. The van der Waals surface area contributed by atoms with Crippen molar-refractivity contribution in [3.63, 3.8) is 0 Å². The van der Waals surface area contributed by atoms with Crippen molar-refractivity contribution in [3.05, 3.63) is 23.4 Å². The molecule has 19 heavy (non-hydrogen) atoms. The third-order valence-electron chi connectivity index (χ3n) is 4.11. The molecule has 0 aliphatic carbocycles. The predicted octanol–water partition coefficient (Wildman–Crippen LogP) is 4.37. The lowest BCUT2D eigenvalue weighted by Crippen LogP contribution is -2.05. The van der Waals surface area contributed by atoms with Crippen molar-refractivity contribution >= 4 is 0 Å². The van der Waals surface area contributed by atoms with E-state index in [0.29, 0.717) is 11.8 Å². The first-order chi connectivity index (χ1) is 9.10. The molecule has 0 aliphatic rings. The Morgan fingerprint density at radius 3 is 2.21 bits per heavy atom. The van der Waals surface area contributed by atoms with E-state index in [1.54, 1.807) is 6.20 Å². The van der Waals surface area contributed by atoms with Gasteiger partial charge in [0.05, 0.1) is 0 Å². The van der Waals surface area contributed by atoms with Crippen molar-refractivity contribution in [2.45, 2.75) is 66.2 Å². The summed E-state index contributed by atoms with van der Waals surface area (Å²) in [6, 6.07) is 0. The smallest absolute Gasteiger partial charge is 0.00270 e. The van der Waals surface area contributed by atoms with Crippen LogP contribution in [0.15, 0.2) is 23.4 Å². The van der Waals surface area contributed by atoms with E-state index in [0.717, 1.165) is 19.4 Å². The highest BCUT2D eigenvalue weighted by molar-refractivity contribution is 5.26. The van der Waals surface area contributed by atoms with E-state index in [2.05, 4.69) is 33.8 Å². The molecule has 0 heterocycles. The predicted molar refractivity (Wildman–Crippen MR) is 86.8 cm³/mol. The van der Waals surface area contributed by atoms with E-state index >= 15 is 0 Å². The molecule has 0 bridgehead atoms. The summed E-state index contributed by atoms with van der Waals surface area (Å²) < 4.78 is 0. The standard InChI is InChI=1S/C17H34N2/c1-5-14(3)16(6-2)12-17(13-19)15(4)10-8-7-9-11-18/h12-15H,5-11,18-19H2,1-4H3/b16-12-,17-13+. The van der Waals surface area contributed by atoms with Gasteiger partial charge in [-0.15, -0.1) is 0 Å². The van der Waals surface area contributed by atoms with Crippen LogP contribution >= 0.6 is 0 Å². The Bertz CT molecular complexity index is 279. The van der Waals surface area contributed by atoms with Crippen LogP contribution in [0.1, 0.15) is 66.2 Å². The summed E-state index contributed by atoms with van der Waals surface area (Å²) in [5.41, 5.74) is 14.2. The van der Waals surface area contributed by atoms with Gasteiger partial charge in [-0.2, -0.15) is 0 Å². The second-order valence-corrected chi connectivity index (χ2v) is 5.59. The van der Waals surface area contributed by atoms with E-state index in [1.807, 2.05) is 0 Å². The van der Waals surface area contributed by atoms with Crippen LogP contribution in [0.25, 0.3) is 0 Å². The van der Waals surface area contributed by atoms with Gasteiger partial charge in [-0.1, -0.05) is 52.2 Å². The van der Waals surface area contributed by atoms with Crippen LogP contribution in [0.2, 0.25) is 0 Å². The highest BCUT2D eigenvalue weighted by atomic mass is 14.5. The Morgan fingerprint density at radius 2 is 1.74 bits per heavy atom. The number of nitrogens with two attached hydrogens (primary N) is 2. The van der Waals surface area contributed by atoms with E-state index in [1.165, 1.54) is 36.8 Å².